The number of para-hydroxylation sites is 1. The number of nitrogens with zero attached hydrogens (tertiary/aromatic N) is 5. The molecule has 1 aliphatic heterocycles. The molecule has 3 aromatic rings. The van der Waals surface area contributed by atoms with Gasteiger partial charge in [-0.1, -0.05) is 12.1 Å². The van der Waals surface area contributed by atoms with Gasteiger partial charge in [0.1, 0.15) is 18.2 Å². The monoisotopic (exact) mass is 481 g/mol. The molecule has 4 rings (SSSR count). The third kappa shape index (κ3) is 5.44. The number of piperidine rings is 1. The molecule has 11 heteroatoms. The molecule has 0 radical (unpaired) electrons. The first-order chi connectivity index (χ1) is 16.9. The minimum Gasteiger partial charge on any atom is -0.493 e. The fourth-order valence-electron chi connectivity index (χ4n) is 4.48. The Morgan fingerprint density at radius 3 is 2.66 bits per heavy atom. The smallest absolute Gasteiger partial charge is 0.254 e. The Balaban J connectivity index is 1.42. The van der Waals surface area contributed by atoms with Crippen molar-refractivity contribution in [3.05, 3.63) is 41.9 Å². The fraction of sp³-hybridized carbons (Fsp3) is 0.458. The molecule has 1 fully saturated rings. The lowest BCUT2D eigenvalue weighted by molar-refractivity contribution is -0.128. The van der Waals surface area contributed by atoms with Crippen LogP contribution in [0.5, 0.6) is 11.5 Å². The first-order valence-corrected chi connectivity index (χ1v) is 11.6. The van der Waals surface area contributed by atoms with E-state index in [0.717, 1.165) is 43.0 Å². The van der Waals surface area contributed by atoms with Gasteiger partial charge in [0.15, 0.2) is 11.5 Å². The number of carbonyl (C=O) groups excluding carboxylic acids is 2. The van der Waals surface area contributed by atoms with E-state index in [0.29, 0.717) is 17.3 Å². The van der Waals surface area contributed by atoms with Gasteiger partial charge in [-0.15, -0.1) is 0 Å². The van der Waals surface area contributed by atoms with Gasteiger partial charge in [-0.3, -0.25) is 9.59 Å². The van der Waals surface area contributed by atoms with E-state index in [-0.39, 0.29) is 24.3 Å². The molecule has 0 saturated carbocycles. The third-order valence-corrected chi connectivity index (χ3v) is 6.13. The number of ether oxygens (including phenoxy) is 2. The van der Waals surface area contributed by atoms with Crippen LogP contribution < -0.4 is 25.0 Å². The molecule has 0 aliphatic carbocycles. The van der Waals surface area contributed by atoms with Crippen molar-refractivity contribution >= 4 is 23.4 Å². The Morgan fingerprint density at radius 1 is 1.20 bits per heavy atom. The van der Waals surface area contributed by atoms with Crippen LogP contribution in [0.1, 0.15) is 31.0 Å². The molecule has 0 spiro atoms. The van der Waals surface area contributed by atoms with E-state index in [2.05, 4.69) is 30.6 Å². The van der Waals surface area contributed by atoms with Crippen molar-refractivity contribution in [3.8, 4) is 11.5 Å². The summed E-state index contributed by atoms with van der Waals surface area (Å²) in [7, 11) is 3.12. The van der Waals surface area contributed by atoms with Gasteiger partial charge < -0.3 is 25.0 Å². The van der Waals surface area contributed by atoms with Gasteiger partial charge in [0, 0.05) is 49.8 Å². The predicted octanol–water partition coefficient (Wildman–Crippen LogP) is 1.28. The van der Waals surface area contributed by atoms with Gasteiger partial charge in [-0.05, 0) is 25.8 Å². The van der Waals surface area contributed by atoms with E-state index in [4.69, 9.17) is 9.47 Å². The number of hydrogen-bond donors (Lipinski definition) is 2. The highest BCUT2D eigenvalue weighted by Gasteiger charge is 2.28. The zero-order chi connectivity index (χ0) is 24.9. The molecule has 2 N–H and O–H groups in total. The quantitative estimate of drug-likeness (QED) is 0.493. The van der Waals surface area contributed by atoms with Crippen LogP contribution in [0.2, 0.25) is 0 Å². The molecule has 2 aromatic heterocycles. The van der Waals surface area contributed by atoms with Crippen molar-refractivity contribution in [1.82, 2.24) is 30.2 Å². The van der Waals surface area contributed by atoms with Crippen LogP contribution in [-0.2, 0) is 16.0 Å². The first kappa shape index (κ1) is 24.2. The largest absolute Gasteiger partial charge is 0.493 e. The number of aryl methyl sites for hydroxylation is 1. The number of fused-ring (bicyclic) bond motifs is 1. The molecule has 0 bridgehead atoms. The Labute approximate surface area is 203 Å². The van der Waals surface area contributed by atoms with Crippen LogP contribution in [0.25, 0.3) is 5.78 Å². The predicted molar refractivity (Wildman–Crippen MR) is 130 cm³/mol. The molecular weight excluding hydrogens is 450 g/mol. The minimum atomic E-state index is -0.732. The van der Waals surface area contributed by atoms with Gasteiger partial charge in [0.2, 0.25) is 11.8 Å². The van der Waals surface area contributed by atoms with Crippen molar-refractivity contribution in [1.29, 1.82) is 0 Å². The summed E-state index contributed by atoms with van der Waals surface area (Å²) in [5.74, 6) is 2.15. The van der Waals surface area contributed by atoms with Crippen molar-refractivity contribution in [2.24, 2.45) is 0 Å². The summed E-state index contributed by atoms with van der Waals surface area (Å²) in [6.07, 6.45) is 3.31. The highest BCUT2D eigenvalue weighted by molar-refractivity contribution is 5.87. The Morgan fingerprint density at radius 2 is 1.97 bits per heavy atom. The van der Waals surface area contributed by atoms with Gasteiger partial charge in [0.05, 0.1) is 14.2 Å². The number of aromatic nitrogens is 4. The summed E-state index contributed by atoms with van der Waals surface area (Å²) in [5.41, 5.74) is 1.66. The van der Waals surface area contributed by atoms with Crippen molar-refractivity contribution in [2.45, 2.75) is 45.2 Å². The fourth-order valence-corrected chi connectivity index (χ4v) is 4.48. The Hall–Kier alpha value is -3.89. The number of amides is 2. The minimum absolute atomic E-state index is 0.00335. The highest BCUT2D eigenvalue weighted by atomic mass is 16.5. The molecule has 1 saturated heterocycles. The summed E-state index contributed by atoms with van der Waals surface area (Å²) < 4.78 is 12.6. The van der Waals surface area contributed by atoms with Gasteiger partial charge >= 0.3 is 0 Å². The van der Waals surface area contributed by atoms with Crippen molar-refractivity contribution < 1.29 is 19.1 Å². The molecule has 2 amide bonds. The lowest BCUT2D eigenvalue weighted by Crippen LogP contribution is -2.52. The molecule has 0 unspecified atom stereocenters. The summed E-state index contributed by atoms with van der Waals surface area (Å²) >= 11 is 0. The van der Waals surface area contributed by atoms with Crippen LogP contribution in [0.3, 0.4) is 0 Å². The summed E-state index contributed by atoms with van der Waals surface area (Å²) in [5, 5.41) is 10.2. The Kier molecular flexibility index (Phi) is 7.33. The van der Waals surface area contributed by atoms with Crippen molar-refractivity contribution in [2.75, 3.05) is 32.2 Å². The number of rotatable bonds is 8. The van der Waals surface area contributed by atoms with Crippen LogP contribution in [0, 0.1) is 6.92 Å². The highest BCUT2D eigenvalue weighted by Crippen LogP contribution is 2.31. The normalized spacial score (nSPS) is 15.0. The third-order valence-electron chi connectivity index (χ3n) is 6.13. The van der Waals surface area contributed by atoms with E-state index in [1.54, 1.807) is 24.8 Å². The zero-order valence-electron chi connectivity index (χ0n) is 20.4. The van der Waals surface area contributed by atoms with Crippen LogP contribution in [0.4, 0.5) is 5.82 Å². The van der Waals surface area contributed by atoms with Crippen LogP contribution in [-0.4, -0.2) is 70.8 Å². The second-order valence-electron chi connectivity index (χ2n) is 8.61. The zero-order valence-corrected chi connectivity index (χ0v) is 20.4. The average Bonchev–Trinajstić information content (AvgIpc) is 3.31. The lowest BCUT2D eigenvalue weighted by Gasteiger charge is -2.34. The molecular formula is C24H31N7O4. The second-order valence-corrected chi connectivity index (χ2v) is 8.61. The van der Waals surface area contributed by atoms with E-state index < -0.39 is 6.04 Å². The van der Waals surface area contributed by atoms with E-state index >= 15 is 0 Å². The average molecular weight is 482 g/mol. The lowest BCUT2D eigenvalue weighted by atomic mass is 10.0. The number of carbonyl (C=O) groups is 2. The molecule has 35 heavy (non-hydrogen) atoms. The summed E-state index contributed by atoms with van der Waals surface area (Å²) in [6, 6.07) is 6.75. The number of methoxy groups -OCH3 is 2. The van der Waals surface area contributed by atoms with Crippen LogP contribution in [0.15, 0.2) is 30.6 Å². The maximum absolute atomic E-state index is 13.2. The molecule has 3 heterocycles. The van der Waals surface area contributed by atoms with Gasteiger partial charge in [-0.2, -0.15) is 14.6 Å². The summed E-state index contributed by atoms with van der Waals surface area (Å²) in [6.45, 7) is 4.84. The molecule has 1 aromatic carbocycles. The number of anilines is 1. The van der Waals surface area contributed by atoms with Crippen LogP contribution >= 0.6 is 0 Å². The summed E-state index contributed by atoms with van der Waals surface area (Å²) in [4.78, 5) is 35.9. The van der Waals surface area contributed by atoms with E-state index in [1.807, 2.05) is 25.1 Å². The number of nitrogens with one attached hydrogen (secondary N) is 2. The maximum atomic E-state index is 13.2. The maximum Gasteiger partial charge on any atom is 0.254 e. The number of benzene rings is 1. The Bertz CT molecular complexity index is 1200. The molecule has 1 atom stereocenters. The number of hydrogen-bond acceptors (Lipinski definition) is 8. The molecule has 186 valence electrons. The van der Waals surface area contributed by atoms with E-state index in [9.17, 15) is 9.59 Å². The second kappa shape index (κ2) is 10.6. The van der Waals surface area contributed by atoms with E-state index in [1.165, 1.54) is 13.3 Å². The topological polar surface area (TPSA) is 123 Å². The first-order valence-electron chi connectivity index (χ1n) is 11.6. The molecule has 1 aliphatic rings. The van der Waals surface area contributed by atoms with Crippen molar-refractivity contribution in [3.63, 3.8) is 0 Å². The standard InChI is InChI=1S/C24H31N7O4/c1-15-12-21(31-24(27-15)25-14-26-31)30-10-8-18(9-11-30)29-23(33)19(28-16(2)32)13-17-6-5-7-20(34-3)22(17)35-4/h5-7,12,14,18-19H,8-11,13H2,1-4H3,(H,28,32)(H,29,33)/t19-/m1/s1. The molecule has 11 nitrogen and oxygen atoms in total. The van der Waals surface area contributed by atoms with Gasteiger partial charge in [0.25, 0.3) is 5.78 Å². The van der Waals surface area contributed by atoms with Gasteiger partial charge in [-0.25, -0.2) is 4.98 Å². The SMILES string of the molecule is COc1cccc(C[C@@H](NC(C)=O)C(=O)NC2CCN(c3cc(C)nc4ncnn34)CC2)c1OC.